The van der Waals surface area contributed by atoms with Crippen molar-refractivity contribution < 1.29 is 13.5 Å². The molecule has 7 heteroatoms. The summed E-state index contributed by atoms with van der Waals surface area (Å²) in [5, 5.41) is 8.94. The molecule has 0 saturated heterocycles. The van der Waals surface area contributed by atoms with Crippen LogP contribution >= 0.6 is 11.8 Å². The molecule has 0 saturated carbocycles. The quantitative estimate of drug-likeness (QED) is 0.531. The van der Waals surface area contributed by atoms with Crippen LogP contribution in [0, 0.1) is 0 Å². The summed E-state index contributed by atoms with van der Waals surface area (Å²) in [6.45, 7) is 2.38. The van der Waals surface area contributed by atoms with Crippen LogP contribution in [-0.4, -0.2) is 49.0 Å². The summed E-state index contributed by atoms with van der Waals surface area (Å²) in [4.78, 5) is 0.962. The molecule has 0 spiro atoms. The highest BCUT2D eigenvalue weighted by molar-refractivity contribution is 8.00. The molecule has 0 aliphatic heterocycles. The van der Waals surface area contributed by atoms with Gasteiger partial charge in [0.1, 0.15) is 0 Å². The SMILES string of the molecule is CCCN(CCO)S(=O)(=O)CCSc1cccc(N)c1. The minimum absolute atomic E-state index is 0.0620. The molecule has 0 fully saturated rings. The van der Waals surface area contributed by atoms with E-state index in [1.165, 1.54) is 16.1 Å². The number of anilines is 1. The van der Waals surface area contributed by atoms with E-state index in [1.807, 2.05) is 25.1 Å². The van der Waals surface area contributed by atoms with Crippen LogP contribution in [0.4, 0.5) is 5.69 Å². The molecule has 20 heavy (non-hydrogen) atoms. The van der Waals surface area contributed by atoms with Crippen LogP contribution in [0.25, 0.3) is 0 Å². The number of sulfonamides is 1. The molecule has 1 rings (SSSR count). The fourth-order valence-corrected chi connectivity index (χ4v) is 4.63. The van der Waals surface area contributed by atoms with Crippen LogP contribution in [-0.2, 0) is 10.0 Å². The standard InChI is InChI=1S/C13H22N2O3S2/c1-2-6-15(7-8-16)20(17,18)10-9-19-13-5-3-4-12(14)11-13/h3-5,11,16H,2,6-10,14H2,1H3. The third kappa shape index (κ3) is 5.70. The average Bonchev–Trinajstić information content (AvgIpc) is 2.38. The summed E-state index contributed by atoms with van der Waals surface area (Å²) < 4.78 is 25.6. The van der Waals surface area contributed by atoms with Gasteiger partial charge in [0.15, 0.2) is 0 Å². The molecule has 0 heterocycles. The van der Waals surface area contributed by atoms with E-state index in [-0.39, 0.29) is 18.9 Å². The predicted octanol–water partition coefficient (Wildman–Crippen LogP) is 1.40. The highest BCUT2D eigenvalue weighted by atomic mass is 32.2. The Morgan fingerprint density at radius 2 is 2.10 bits per heavy atom. The third-order valence-electron chi connectivity index (χ3n) is 2.68. The van der Waals surface area contributed by atoms with Crippen molar-refractivity contribution in [3.05, 3.63) is 24.3 Å². The number of aliphatic hydroxyl groups excluding tert-OH is 1. The second-order valence-electron chi connectivity index (χ2n) is 4.36. The van der Waals surface area contributed by atoms with Crippen molar-refractivity contribution in [1.29, 1.82) is 0 Å². The van der Waals surface area contributed by atoms with Gasteiger partial charge in [0.2, 0.25) is 10.0 Å². The maximum absolute atomic E-state index is 12.1. The lowest BCUT2D eigenvalue weighted by Gasteiger charge is -2.20. The molecular formula is C13H22N2O3S2. The molecule has 0 aliphatic carbocycles. The number of nitrogens with zero attached hydrogens (tertiary/aromatic N) is 1. The monoisotopic (exact) mass is 318 g/mol. The highest BCUT2D eigenvalue weighted by Gasteiger charge is 2.20. The lowest BCUT2D eigenvalue weighted by atomic mass is 10.3. The van der Waals surface area contributed by atoms with Gasteiger partial charge in [-0.1, -0.05) is 13.0 Å². The van der Waals surface area contributed by atoms with Gasteiger partial charge < -0.3 is 10.8 Å². The number of hydrogen-bond acceptors (Lipinski definition) is 5. The van der Waals surface area contributed by atoms with E-state index in [9.17, 15) is 8.42 Å². The molecule has 114 valence electrons. The number of thioether (sulfide) groups is 1. The van der Waals surface area contributed by atoms with E-state index in [2.05, 4.69) is 0 Å². The minimum Gasteiger partial charge on any atom is -0.399 e. The van der Waals surface area contributed by atoms with Crippen LogP contribution in [0.2, 0.25) is 0 Å². The highest BCUT2D eigenvalue weighted by Crippen LogP contribution is 2.20. The first-order valence-electron chi connectivity index (χ1n) is 6.56. The molecule has 0 unspecified atom stereocenters. The number of benzene rings is 1. The van der Waals surface area contributed by atoms with Gasteiger partial charge in [0.25, 0.3) is 0 Å². The Labute approximate surface area is 125 Å². The van der Waals surface area contributed by atoms with Crippen LogP contribution in [0.3, 0.4) is 0 Å². The number of nitrogen functional groups attached to an aromatic ring is 1. The van der Waals surface area contributed by atoms with Gasteiger partial charge in [-0.05, 0) is 24.6 Å². The van der Waals surface area contributed by atoms with Gasteiger partial charge in [-0.2, -0.15) is 4.31 Å². The molecule has 1 aromatic carbocycles. The van der Waals surface area contributed by atoms with E-state index < -0.39 is 10.0 Å². The minimum atomic E-state index is -3.31. The molecule has 0 aliphatic rings. The summed E-state index contributed by atoms with van der Waals surface area (Å²) in [5.74, 6) is 0.532. The largest absolute Gasteiger partial charge is 0.399 e. The van der Waals surface area contributed by atoms with Crippen LogP contribution in [0.1, 0.15) is 13.3 Å². The second-order valence-corrected chi connectivity index (χ2v) is 7.62. The molecule has 0 bridgehead atoms. The number of aliphatic hydroxyl groups is 1. The third-order valence-corrected chi connectivity index (χ3v) is 5.81. The lowest BCUT2D eigenvalue weighted by molar-refractivity contribution is 0.254. The first-order chi connectivity index (χ1) is 9.49. The molecule has 5 nitrogen and oxygen atoms in total. The predicted molar refractivity (Wildman–Crippen MR) is 84.3 cm³/mol. The Morgan fingerprint density at radius 3 is 2.70 bits per heavy atom. The Balaban J connectivity index is 2.53. The number of rotatable bonds is 9. The fraction of sp³-hybridized carbons (Fsp3) is 0.538. The van der Waals surface area contributed by atoms with Crippen LogP contribution in [0.15, 0.2) is 29.2 Å². The van der Waals surface area contributed by atoms with Gasteiger partial charge >= 0.3 is 0 Å². The van der Waals surface area contributed by atoms with Crippen molar-refractivity contribution in [2.24, 2.45) is 0 Å². The van der Waals surface area contributed by atoms with E-state index in [0.29, 0.717) is 18.0 Å². The summed E-state index contributed by atoms with van der Waals surface area (Å²) in [7, 11) is -3.31. The van der Waals surface area contributed by atoms with Crippen molar-refractivity contribution in [2.45, 2.75) is 18.2 Å². The molecule has 0 aromatic heterocycles. The van der Waals surface area contributed by atoms with Crippen molar-refractivity contribution >= 4 is 27.5 Å². The van der Waals surface area contributed by atoms with E-state index in [1.54, 1.807) is 6.07 Å². The van der Waals surface area contributed by atoms with Gasteiger partial charge in [-0.3, -0.25) is 0 Å². The molecule has 3 N–H and O–H groups in total. The van der Waals surface area contributed by atoms with Gasteiger partial charge in [0.05, 0.1) is 12.4 Å². The zero-order valence-electron chi connectivity index (χ0n) is 11.7. The first-order valence-corrected chi connectivity index (χ1v) is 9.16. The molecule has 1 aromatic rings. The van der Waals surface area contributed by atoms with Crippen molar-refractivity contribution in [3.8, 4) is 0 Å². The normalized spacial score (nSPS) is 11.9. The second kappa shape index (κ2) is 8.51. The zero-order valence-corrected chi connectivity index (χ0v) is 13.3. The van der Waals surface area contributed by atoms with Gasteiger partial charge in [0, 0.05) is 29.4 Å². The van der Waals surface area contributed by atoms with Gasteiger partial charge in [-0.15, -0.1) is 11.8 Å². The van der Waals surface area contributed by atoms with Crippen LogP contribution in [0.5, 0.6) is 0 Å². The Bertz CT molecular complexity index is 500. The summed E-state index contributed by atoms with van der Waals surface area (Å²) >= 11 is 1.47. The molecule has 0 atom stereocenters. The Morgan fingerprint density at radius 1 is 1.35 bits per heavy atom. The van der Waals surface area contributed by atoms with Gasteiger partial charge in [-0.25, -0.2) is 8.42 Å². The van der Waals surface area contributed by atoms with E-state index >= 15 is 0 Å². The Kier molecular flexibility index (Phi) is 7.36. The van der Waals surface area contributed by atoms with Crippen molar-refractivity contribution in [3.63, 3.8) is 0 Å². The van der Waals surface area contributed by atoms with Crippen LogP contribution < -0.4 is 5.73 Å². The fourth-order valence-electron chi connectivity index (χ4n) is 1.75. The number of hydrogen-bond donors (Lipinski definition) is 2. The summed E-state index contributed by atoms with van der Waals surface area (Å²) in [6, 6.07) is 7.38. The molecule has 0 radical (unpaired) electrons. The van der Waals surface area contributed by atoms with Crippen molar-refractivity contribution in [2.75, 3.05) is 36.9 Å². The van der Waals surface area contributed by atoms with E-state index in [4.69, 9.17) is 10.8 Å². The average molecular weight is 318 g/mol. The maximum Gasteiger partial charge on any atom is 0.215 e. The summed E-state index contributed by atoms with van der Waals surface area (Å²) in [6.07, 6.45) is 0.738. The molecular weight excluding hydrogens is 296 g/mol. The Hall–Kier alpha value is -0.760. The smallest absolute Gasteiger partial charge is 0.215 e. The number of nitrogens with two attached hydrogens (primary N) is 1. The van der Waals surface area contributed by atoms with E-state index in [0.717, 1.165) is 11.3 Å². The maximum atomic E-state index is 12.1. The topological polar surface area (TPSA) is 83.6 Å². The first kappa shape index (κ1) is 17.3. The lowest BCUT2D eigenvalue weighted by Crippen LogP contribution is -2.36. The van der Waals surface area contributed by atoms with Crippen molar-refractivity contribution in [1.82, 2.24) is 4.31 Å². The zero-order chi connectivity index (χ0) is 15.0. The molecule has 0 amide bonds. The summed E-state index contributed by atoms with van der Waals surface area (Å²) in [5.41, 5.74) is 6.35.